The molecule has 0 bridgehead atoms. The quantitative estimate of drug-likeness (QED) is 0.435. The molecular formula is C24H19FN2O7. The molecule has 3 heterocycles. The van der Waals surface area contributed by atoms with Gasteiger partial charge in [-0.2, -0.15) is 0 Å². The van der Waals surface area contributed by atoms with Crippen LogP contribution in [0.3, 0.4) is 0 Å². The van der Waals surface area contributed by atoms with Gasteiger partial charge < -0.3 is 23.2 Å². The fraction of sp³-hybridized carbons (Fsp3) is 0.208. The maximum absolute atomic E-state index is 14.0. The Balaban J connectivity index is 1.86. The maximum Gasteiger partial charge on any atom is 0.296 e. The number of benzene rings is 2. The van der Waals surface area contributed by atoms with Crippen LogP contribution in [0.4, 0.5) is 10.2 Å². The lowest BCUT2D eigenvalue weighted by Crippen LogP contribution is -2.30. The van der Waals surface area contributed by atoms with E-state index in [0.29, 0.717) is 17.1 Å². The van der Waals surface area contributed by atoms with Gasteiger partial charge in [0.05, 0.1) is 32.3 Å². The molecule has 9 nitrogen and oxygen atoms in total. The van der Waals surface area contributed by atoms with E-state index < -0.39 is 23.2 Å². The number of hydrogen-bond acceptors (Lipinski definition) is 8. The van der Waals surface area contributed by atoms with Crippen LogP contribution in [0.5, 0.6) is 17.2 Å². The Morgan fingerprint density at radius 1 is 1.00 bits per heavy atom. The zero-order valence-corrected chi connectivity index (χ0v) is 18.7. The summed E-state index contributed by atoms with van der Waals surface area (Å²) in [6.07, 6.45) is 0. The largest absolute Gasteiger partial charge is 0.493 e. The zero-order chi connectivity index (χ0) is 24.1. The van der Waals surface area contributed by atoms with E-state index in [1.807, 2.05) is 0 Å². The van der Waals surface area contributed by atoms with E-state index in [2.05, 4.69) is 5.16 Å². The summed E-state index contributed by atoms with van der Waals surface area (Å²) in [7, 11) is 4.35. The number of carbonyl (C=O) groups excluding carboxylic acids is 1. The van der Waals surface area contributed by atoms with Gasteiger partial charge in [0.1, 0.15) is 23.2 Å². The number of halogens is 1. The third-order valence-electron chi connectivity index (χ3n) is 5.72. The molecule has 0 N–H and O–H groups in total. The van der Waals surface area contributed by atoms with Crippen LogP contribution in [-0.2, 0) is 0 Å². The van der Waals surface area contributed by atoms with Crippen molar-refractivity contribution >= 4 is 22.7 Å². The number of fused-ring (bicyclic) bond motifs is 2. The predicted molar refractivity (Wildman–Crippen MR) is 118 cm³/mol. The minimum atomic E-state index is -1.02. The minimum Gasteiger partial charge on any atom is -0.493 e. The molecule has 5 rings (SSSR count). The maximum atomic E-state index is 14.0. The molecule has 34 heavy (non-hydrogen) atoms. The van der Waals surface area contributed by atoms with Gasteiger partial charge in [-0.25, -0.2) is 4.39 Å². The summed E-state index contributed by atoms with van der Waals surface area (Å²) in [5.74, 6) is 0.165. The Labute approximate surface area is 192 Å². The average molecular weight is 466 g/mol. The molecule has 4 aromatic rings. The summed E-state index contributed by atoms with van der Waals surface area (Å²) in [6.45, 7) is 1.68. The number of aromatic nitrogens is 1. The number of aryl methyl sites for hydroxylation is 1. The molecule has 1 atom stereocenters. The van der Waals surface area contributed by atoms with E-state index in [0.717, 1.165) is 12.1 Å². The van der Waals surface area contributed by atoms with Crippen molar-refractivity contribution in [3.8, 4) is 17.2 Å². The highest BCUT2D eigenvalue weighted by atomic mass is 19.1. The van der Waals surface area contributed by atoms with Gasteiger partial charge in [0.15, 0.2) is 22.7 Å². The Morgan fingerprint density at radius 2 is 1.76 bits per heavy atom. The van der Waals surface area contributed by atoms with Crippen LogP contribution in [0.2, 0.25) is 0 Å². The van der Waals surface area contributed by atoms with Gasteiger partial charge in [-0.1, -0.05) is 5.16 Å². The lowest BCUT2D eigenvalue weighted by Gasteiger charge is -2.25. The second kappa shape index (κ2) is 7.91. The molecule has 1 aliphatic heterocycles. The number of hydrogen-bond donors (Lipinski definition) is 0. The second-order valence-electron chi connectivity index (χ2n) is 7.61. The molecule has 1 amide bonds. The van der Waals surface area contributed by atoms with Gasteiger partial charge in [-0.3, -0.25) is 14.5 Å². The van der Waals surface area contributed by atoms with E-state index >= 15 is 0 Å². The molecule has 0 fully saturated rings. The van der Waals surface area contributed by atoms with Crippen molar-refractivity contribution in [3.63, 3.8) is 0 Å². The Hall–Kier alpha value is -4.34. The smallest absolute Gasteiger partial charge is 0.296 e. The van der Waals surface area contributed by atoms with E-state index in [-0.39, 0.29) is 39.6 Å². The molecule has 0 saturated carbocycles. The van der Waals surface area contributed by atoms with Gasteiger partial charge in [-0.05, 0) is 37.3 Å². The van der Waals surface area contributed by atoms with Crippen molar-refractivity contribution in [1.82, 2.24) is 5.16 Å². The molecule has 0 unspecified atom stereocenters. The van der Waals surface area contributed by atoms with E-state index in [9.17, 15) is 14.0 Å². The second-order valence-corrected chi connectivity index (χ2v) is 7.61. The molecule has 0 aliphatic carbocycles. The Bertz CT molecular complexity index is 1510. The van der Waals surface area contributed by atoms with Crippen LogP contribution in [-0.4, -0.2) is 32.4 Å². The fourth-order valence-corrected chi connectivity index (χ4v) is 4.28. The minimum absolute atomic E-state index is 0.00850. The zero-order valence-electron chi connectivity index (χ0n) is 18.7. The van der Waals surface area contributed by atoms with Crippen LogP contribution in [0.25, 0.3) is 11.0 Å². The Kier molecular flexibility index (Phi) is 5.00. The van der Waals surface area contributed by atoms with Gasteiger partial charge in [0.25, 0.3) is 5.91 Å². The third kappa shape index (κ3) is 3.02. The average Bonchev–Trinajstić information content (AvgIpc) is 3.39. The molecule has 2 aromatic carbocycles. The van der Waals surface area contributed by atoms with Gasteiger partial charge in [-0.15, -0.1) is 0 Å². The molecule has 1 aliphatic rings. The highest BCUT2D eigenvalue weighted by molar-refractivity contribution is 6.10. The molecule has 2 aromatic heterocycles. The number of anilines is 1. The lowest BCUT2D eigenvalue weighted by molar-refractivity contribution is 0.0969. The molecule has 0 saturated heterocycles. The summed E-state index contributed by atoms with van der Waals surface area (Å²) in [6, 6.07) is 7.38. The third-order valence-corrected chi connectivity index (χ3v) is 5.72. The number of rotatable bonds is 5. The lowest BCUT2D eigenvalue weighted by atomic mass is 9.97. The van der Waals surface area contributed by atoms with Gasteiger partial charge >= 0.3 is 0 Å². The summed E-state index contributed by atoms with van der Waals surface area (Å²) >= 11 is 0. The predicted octanol–water partition coefficient (Wildman–Crippen LogP) is 4.00. The van der Waals surface area contributed by atoms with Crippen molar-refractivity contribution in [2.24, 2.45) is 0 Å². The van der Waals surface area contributed by atoms with Crippen molar-refractivity contribution in [3.05, 3.63) is 75.1 Å². The standard InChI is InChI=1S/C24H19FN2O7/c1-11-9-17(26-34-11)27-19(13-6-8-16(30-2)22(32-4)21(13)31-3)18-20(28)14-10-12(25)5-7-15(14)33-23(18)24(27)29/h5-10,19H,1-4H3/t19-/m1/s1. The van der Waals surface area contributed by atoms with Crippen molar-refractivity contribution < 1.29 is 32.3 Å². The first-order valence-corrected chi connectivity index (χ1v) is 10.2. The number of carbonyl (C=O) groups is 1. The number of nitrogens with zero attached hydrogens (tertiary/aromatic N) is 2. The van der Waals surface area contributed by atoms with Gasteiger partial charge in [0.2, 0.25) is 11.5 Å². The number of ether oxygens (including phenoxy) is 3. The summed E-state index contributed by atoms with van der Waals surface area (Å²) in [4.78, 5) is 28.5. The number of amides is 1. The van der Waals surface area contributed by atoms with Crippen LogP contribution in [0.15, 0.2) is 50.1 Å². The molecule has 0 spiro atoms. The van der Waals surface area contributed by atoms with Gasteiger partial charge in [0, 0.05) is 11.6 Å². The highest BCUT2D eigenvalue weighted by Gasteiger charge is 2.46. The molecular weight excluding hydrogens is 447 g/mol. The number of methoxy groups -OCH3 is 3. The van der Waals surface area contributed by atoms with E-state index in [1.165, 1.54) is 32.3 Å². The first-order valence-electron chi connectivity index (χ1n) is 10.2. The normalized spacial score (nSPS) is 15.0. The SMILES string of the molecule is COc1ccc([C@@H]2c3c(oc4ccc(F)cc4c3=O)C(=O)N2c2cc(C)on2)c(OC)c1OC. The molecule has 174 valence electrons. The first kappa shape index (κ1) is 21.5. The summed E-state index contributed by atoms with van der Waals surface area (Å²) < 4.78 is 41.5. The summed E-state index contributed by atoms with van der Waals surface area (Å²) in [5, 5.41) is 3.99. The topological polar surface area (TPSA) is 104 Å². The van der Waals surface area contributed by atoms with Crippen LogP contribution in [0.1, 0.15) is 33.5 Å². The van der Waals surface area contributed by atoms with Crippen LogP contribution < -0.4 is 24.5 Å². The summed E-state index contributed by atoms with van der Waals surface area (Å²) in [5.41, 5.74) is -0.0198. The van der Waals surface area contributed by atoms with E-state index in [4.69, 9.17) is 23.2 Å². The van der Waals surface area contributed by atoms with Crippen molar-refractivity contribution in [2.75, 3.05) is 26.2 Å². The highest BCUT2D eigenvalue weighted by Crippen LogP contribution is 2.48. The molecule has 10 heteroatoms. The first-order chi connectivity index (χ1) is 16.4. The van der Waals surface area contributed by atoms with Crippen LogP contribution >= 0.6 is 0 Å². The van der Waals surface area contributed by atoms with Crippen molar-refractivity contribution in [1.29, 1.82) is 0 Å². The van der Waals surface area contributed by atoms with Crippen molar-refractivity contribution in [2.45, 2.75) is 13.0 Å². The Morgan fingerprint density at radius 3 is 2.41 bits per heavy atom. The molecule has 0 radical (unpaired) electrons. The monoisotopic (exact) mass is 466 g/mol. The van der Waals surface area contributed by atoms with E-state index in [1.54, 1.807) is 25.1 Å². The fourth-order valence-electron chi connectivity index (χ4n) is 4.28. The van der Waals surface area contributed by atoms with Crippen LogP contribution in [0, 0.1) is 12.7 Å².